The first kappa shape index (κ1) is 23.9. The van der Waals surface area contributed by atoms with E-state index in [9.17, 15) is 0 Å². The molecular formula is C21H32Cl2N4. The fourth-order valence-corrected chi connectivity index (χ4v) is 3.69. The van der Waals surface area contributed by atoms with E-state index in [2.05, 4.69) is 52.2 Å². The predicted molar refractivity (Wildman–Crippen MR) is 118 cm³/mol. The second-order valence-corrected chi connectivity index (χ2v) is 7.16. The summed E-state index contributed by atoms with van der Waals surface area (Å²) in [6, 6.07) is 13.7. The van der Waals surface area contributed by atoms with Crippen molar-refractivity contribution in [2.24, 2.45) is 5.73 Å². The fraction of sp³-hybridized carbons (Fsp3) is 0.476. The molecule has 150 valence electrons. The molecule has 0 spiro atoms. The van der Waals surface area contributed by atoms with Crippen LogP contribution in [0.2, 0.25) is 0 Å². The molecule has 2 heterocycles. The van der Waals surface area contributed by atoms with Crippen LogP contribution in [0, 0.1) is 0 Å². The van der Waals surface area contributed by atoms with Gasteiger partial charge in [0.05, 0.1) is 0 Å². The second kappa shape index (κ2) is 12.3. The minimum Gasteiger partial charge on any atom is -0.330 e. The van der Waals surface area contributed by atoms with Crippen molar-refractivity contribution in [1.82, 2.24) is 14.8 Å². The van der Waals surface area contributed by atoms with Gasteiger partial charge in [0, 0.05) is 31.5 Å². The fourth-order valence-electron chi connectivity index (χ4n) is 3.69. The van der Waals surface area contributed by atoms with Crippen LogP contribution in [-0.4, -0.2) is 47.5 Å². The molecule has 1 aliphatic heterocycles. The number of nitrogens with zero attached hydrogens (tertiary/aromatic N) is 3. The molecular weight excluding hydrogens is 379 g/mol. The van der Waals surface area contributed by atoms with Crippen LogP contribution >= 0.6 is 24.8 Å². The third-order valence-electron chi connectivity index (χ3n) is 5.12. The summed E-state index contributed by atoms with van der Waals surface area (Å²) < 4.78 is 0. The molecule has 0 aliphatic carbocycles. The summed E-state index contributed by atoms with van der Waals surface area (Å²) in [7, 11) is 2.22. The quantitative estimate of drug-likeness (QED) is 0.757. The van der Waals surface area contributed by atoms with E-state index < -0.39 is 0 Å². The predicted octanol–water partition coefficient (Wildman–Crippen LogP) is 3.52. The first-order valence-corrected chi connectivity index (χ1v) is 9.34. The molecule has 3 rings (SSSR count). The molecule has 1 aromatic carbocycles. The van der Waals surface area contributed by atoms with E-state index in [-0.39, 0.29) is 24.8 Å². The number of halogens is 2. The van der Waals surface area contributed by atoms with E-state index >= 15 is 0 Å². The van der Waals surface area contributed by atoms with Crippen LogP contribution < -0.4 is 5.73 Å². The van der Waals surface area contributed by atoms with Gasteiger partial charge in [0.1, 0.15) is 0 Å². The Bertz CT molecular complexity index is 646. The summed E-state index contributed by atoms with van der Waals surface area (Å²) in [4.78, 5) is 9.35. The third-order valence-corrected chi connectivity index (χ3v) is 5.12. The van der Waals surface area contributed by atoms with Crippen molar-refractivity contribution in [2.45, 2.75) is 38.4 Å². The lowest BCUT2D eigenvalue weighted by Crippen LogP contribution is -2.43. The number of aromatic nitrogens is 1. The van der Waals surface area contributed by atoms with Crippen LogP contribution in [-0.2, 0) is 19.5 Å². The van der Waals surface area contributed by atoms with Crippen molar-refractivity contribution in [3.63, 3.8) is 0 Å². The highest BCUT2D eigenvalue weighted by Gasteiger charge is 2.23. The highest BCUT2D eigenvalue weighted by molar-refractivity contribution is 5.85. The number of nitrogens with two attached hydrogens (primary N) is 1. The minimum absolute atomic E-state index is 0. The SMILES string of the molecule is CN1CCC(N(Cc2cccnc2)Cc2cccc(CCN)c2)CC1.Cl.Cl. The normalized spacial score (nSPS) is 15.2. The smallest absolute Gasteiger partial charge is 0.0312 e. The Hall–Kier alpha value is -1.17. The Kier molecular flexibility index (Phi) is 10.9. The number of rotatable bonds is 7. The number of benzene rings is 1. The summed E-state index contributed by atoms with van der Waals surface area (Å²) in [5, 5.41) is 0. The summed E-state index contributed by atoms with van der Waals surface area (Å²) in [5.41, 5.74) is 9.73. The zero-order valence-corrected chi connectivity index (χ0v) is 17.7. The van der Waals surface area contributed by atoms with Crippen LogP contribution in [0.25, 0.3) is 0 Å². The highest BCUT2D eigenvalue weighted by Crippen LogP contribution is 2.21. The van der Waals surface area contributed by atoms with E-state index in [0.29, 0.717) is 12.6 Å². The van der Waals surface area contributed by atoms with Crippen molar-refractivity contribution >= 4 is 24.8 Å². The van der Waals surface area contributed by atoms with Crippen LogP contribution in [0.3, 0.4) is 0 Å². The molecule has 0 unspecified atom stereocenters. The molecule has 1 aromatic heterocycles. The summed E-state index contributed by atoms with van der Waals surface area (Å²) in [6.45, 7) is 5.02. The van der Waals surface area contributed by atoms with E-state index in [0.717, 1.165) is 19.5 Å². The van der Waals surface area contributed by atoms with Gasteiger partial charge in [0.15, 0.2) is 0 Å². The van der Waals surface area contributed by atoms with Crippen LogP contribution in [0.15, 0.2) is 48.8 Å². The lowest BCUT2D eigenvalue weighted by Gasteiger charge is -2.37. The topological polar surface area (TPSA) is 45.4 Å². The van der Waals surface area contributed by atoms with Crippen molar-refractivity contribution in [2.75, 3.05) is 26.7 Å². The molecule has 0 radical (unpaired) electrons. The van der Waals surface area contributed by atoms with Gasteiger partial charge in [-0.05, 0) is 68.7 Å². The van der Waals surface area contributed by atoms with E-state index in [1.54, 1.807) is 0 Å². The van der Waals surface area contributed by atoms with Crippen molar-refractivity contribution < 1.29 is 0 Å². The van der Waals surface area contributed by atoms with Gasteiger partial charge in [0.25, 0.3) is 0 Å². The highest BCUT2D eigenvalue weighted by atomic mass is 35.5. The van der Waals surface area contributed by atoms with Gasteiger partial charge in [0.2, 0.25) is 0 Å². The Morgan fingerprint density at radius 3 is 2.37 bits per heavy atom. The molecule has 27 heavy (non-hydrogen) atoms. The van der Waals surface area contributed by atoms with E-state index in [1.165, 1.54) is 42.6 Å². The summed E-state index contributed by atoms with van der Waals surface area (Å²) >= 11 is 0. The minimum atomic E-state index is 0. The number of piperidine rings is 1. The molecule has 1 saturated heterocycles. The molecule has 2 N–H and O–H groups in total. The van der Waals surface area contributed by atoms with Crippen LogP contribution in [0.4, 0.5) is 0 Å². The molecule has 0 bridgehead atoms. The maximum Gasteiger partial charge on any atom is 0.0312 e. The van der Waals surface area contributed by atoms with Gasteiger partial charge in [-0.1, -0.05) is 30.3 Å². The van der Waals surface area contributed by atoms with Gasteiger partial charge in [-0.3, -0.25) is 9.88 Å². The van der Waals surface area contributed by atoms with Crippen LogP contribution in [0.5, 0.6) is 0 Å². The number of hydrogen-bond acceptors (Lipinski definition) is 4. The Labute approximate surface area is 176 Å². The largest absolute Gasteiger partial charge is 0.330 e. The monoisotopic (exact) mass is 410 g/mol. The zero-order chi connectivity index (χ0) is 17.5. The lowest BCUT2D eigenvalue weighted by atomic mass is 10.0. The Morgan fingerprint density at radius 2 is 1.70 bits per heavy atom. The molecule has 0 atom stereocenters. The molecule has 2 aromatic rings. The van der Waals surface area contributed by atoms with Crippen molar-refractivity contribution in [3.8, 4) is 0 Å². The molecule has 4 nitrogen and oxygen atoms in total. The van der Waals surface area contributed by atoms with E-state index in [4.69, 9.17) is 5.73 Å². The first-order chi connectivity index (χ1) is 12.2. The molecule has 6 heteroatoms. The van der Waals surface area contributed by atoms with Gasteiger partial charge in [-0.15, -0.1) is 24.8 Å². The zero-order valence-electron chi connectivity index (χ0n) is 16.1. The summed E-state index contributed by atoms with van der Waals surface area (Å²) in [5.74, 6) is 0. The lowest BCUT2D eigenvalue weighted by molar-refractivity contribution is 0.108. The van der Waals surface area contributed by atoms with Crippen molar-refractivity contribution in [3.05, 3.63) is 65.5 Å². The van der Waals surface area contributed by atoms with Crippen molar-refractivity contribution in [1.29, 1.82) is 0 Å². The van der Waals surface area contributed by atoms with Gasteiger partial charge in [-0.2, -0.15) is 0 Å². The standard InChI is InChI=1S/C21H30N4.2ClH/c1-24-12-8-21(9-13-24)25(17-20-6-3-11-23-15-20)16-19-5-2-4-18(14-19)7-10-22;;/h2-6,11,14-15,21H,7-10,12-13,16-17,22H2,1H3;2*1H. The molecule has 0 saturated carbocycles. The number of hydrogen-bond donors (Lipinski definition) is 1. The first-order valence-electron chi connectivity index (χ1n) is 9.34. The number of likely N-dealkylation sites (tertiary alicyclic amines) is 1. The Balaban J connectivity index is 0.00000182. The maximum absolute atomic E-state index is 5.72. The van der Waals surface area contributed by atoms with Gasteiger partial charge < -0.3 is 10.6 Å². The van der Waals surface area contributed by atoms with E-state index in [1.807, 2.05) is 18.5 Å². The molecule has 1 fully saturated rings. The Morgan fingerprint density at radius 1 is 1.04 bits per heavy atom. The average Bonchev–Trinajstić information content (AvgIpc) is 2.63. The number of pyridine rings is 1. The maximum atomic E-state index is 5.72. The molecule has 0 amide bonds. The van der Waals surface area contributed by atoms with Crippen LogP contribution in [0.1, 0.15) is 29.5 Å². The van der Waals surface area contributed by atoms with Gasteiger partial charge >= 0.3 is 0 Å². The average molecular weight is 411 g/mol. The third kappa shape index (κ3) is 7.40. The molecule has 1 aliphatic rings. The summed E-state index contributed by atoms with van der Waals surface area (Å²) in [6.07, 6.45) is 7.26. The second-order valence-electron chi connectivity index (χ2n) is 7.16. The van der Waals surface area contributed by atoms with Gasteiger partial charge in [-0.25, -0.2) is 0 Å².